The van der Waals surface area contributed by atoms with E-state index in [1.165, 1.54) is 12.4 Å². The summed E-state index contributed by atoms with van der Waals surface area (Å²) in [6.07, 6.45) is 1.30. The van der Waals surface area contributed by atoms with Gasteiger partial charge in [0.25, 0.3) is 0 Å². The summed E-state index contributed by atoms with van der Waals surface area (Å²) in [4.78, 5) is 27.7. The van der Waals surface area contributed by atoms with Crippen LogP contribution in [0.4, 0.5) is 33.2 Å². The van der Waals surface area contributed by atoms with Gasteiger partial charge in [0.2, 0.25) is 11.6 Å². The topological polar surface area (TPSA) is 100 Å². The van der Waals surface area contributed by atoms with Crippen LogP contribution in [-0.4, -0.2) is 46.1 Å². The van der Waals surface area contributed by atoms with Gasteiger partial charge in [-0.3, -0.25) is 10.1 Å². The molecule has 0 saturated carbocycles. The maximum atomic E-state index is 14.1. The molecule has 0 radical (unpaired) electrons. The molecule has 1 fully saturated rings. The van der Waals surface area contributed by atoms with Crippen LogP contribution >= 0.6 is 0 Å². The number of nitrogens with zero attached hydrogens (tertiary/aromatic N) is 6. The number of aryl methyl sites for hydroxylation is 1. The Labute approximate surface area is 172 Å². The molecule has 1 aliphatic heterocycles. The van der Waals surface area contributed by atoms with Crippen molar-refractivity contribution in [3.8, 4) is 0 Å². The van der Waals surface area contributed by atoms with Gasteiger partial charge in [0.1, 0.15) is 18.0 Å². The lowest BCUT2D eigenvalue weighted by molar-refractivity contribution is -0.383. The number of anilines is 4. The average molecular weight is 409 g/mol. The van der Waals surface area contributed by atoms with Crippen LogP contribution in [-0.2, 0) is 0 Å². The summed E-state index contributed by atoms with van der Waals surface area (Å²) in [6.45, 7) is 3.80. The molecule has 2 aromatic heterocycles. The van der Waals surface area contributed by atoms with Crippen LogP contribution in [0, 0.1) is 22.9 Å². The third kappa shape index (κ3) is 3.97. The molecule has 1 aliphatic rings. The average Bonchev–Trinajstić information content (AvgIpc) is 2.74. The van der Waals surface area contributed by atoms with E-state index in [0.29, 0.717) is 37.7 Å². The van der Waals surface area contributed by atoms with E-state index >= 15 is 0 Å². The lowest BCUT2D eigenvalue weighted by Gasteiger charge is -2.36. The lowest BCUT2D eigenvalue weighted by atomic mass is 10.2. The SMILES string of the molecule is Cc1cccc(Nc2ncnc(N3CCN(c4ccccc4F)CC3)c2[N+](=O)[O-])n1. The number of nitrogens with one attached hydrogen (secondary N) is 1. The third-order valence-corrected chi connectivity index (χ3v) is 4.89. The first-order valence-electron chi connectivity index (χ1n) is 9.47. The highest BCUT2D eigenvalue weighted by molar-refractivity contribution is 5.73. The molecule has 3 heterocycles. The number of pyridine rings is 1. The van der Waals surface area contributed by atoms with Crippen LogP contribution in [0.1, 0.15) is 5.69 Å². The molecule has 0 aliphatic carbocycles. The highest BCUT2D eigenvalue weighted by atomic mass is 19.1. The van der Waals surface area contributed by atoms with E-state index in [1.54, 1.807) is 30.3 Å². The summed E-state index contributed by atoms with van der Waals surface area (Å²) in [5.41, 5.74) is 1.10. The fraction of sp³-hybridized carbons (Fsp3) is 0.250. The van der Waals surface area contributed by atoms with Crippen molar-refractivity contribution in [1.29, 1.82) is 0 Å². The highest BCUT2D eigenvalue weighted by Crippen LogP contribution is 2.34. The molecule has 3 aromatic rings. The number of hydrogen-bond donors (Lipinski definition) is 1. The summed E-state index contributed by atoms with van der Waals surface area (Å²) in [7, 11) is 0. The van der Waals surface area contributed by atoms with Gasteiger partial charge >= 0.3 is 5.69 Å². The zero-order valence-corrected chi connectivity index (χ0v) is 16.3. The largest absolute Gasteiger partial charge is 0.366 e. The molecule has 9 nitrogen and oxygen atoms in total. The molecule has 1 aromatic carbocycles. The zero-order valence-electron chi connectivity index (χ0n) is 16.3. The summed E-state index contributed by atoms with van der Waals surface area (Å²) < 4.78 is 14.1. The molecule has 0 amide bonds. The molecule has 10 heteroatoms. The first-order chi connectivity index (χ1) is 14.5. The molecule has 0 unspecified atom stereocenters. The van der Waals surface area contributed by atoms with E-state index in [-0.39, 0.29) is 23.1 Å². The standard InChI is InChI=1S/C20H20FN7O2/c1-14-5-4-8-17(24-14)25-19-18(28(29)30)20(23-13-22-19)27-11-9-26(10-12-27)16-7-3-2-6-15(16)21/h2-8,13H,9-12H2,1H3,(H,22,23,24,25). The van der Waals surface area contributed by atoms with Gasteiger partial charge in [-0.05, 0) is 31.2 Å². The quantitative estimate of drug-likeness (QED) is 0.506. The summed E-state index contributed by atoms with van der Waals surface area (Å²) >= 11 is 0. The fourth-order valence-corrected chi connectivity index (χ4v) is 3.46. The number of aromatic nitrogens is 3. The molecule has 0 atom stereocenters. The Bertz CT molecular complexity index is 1070. The second-order valence-electron chi connectivity index (χ2n) is 6.87. The van der Waals surface area contributed by atoms with Crippen molar-refractivity contribution in [2.75, 3.05) is 41.3 Å². The lowest BCUT2D eigenvalue weighted by Crippen LogP contribution is -2.47. The van der Waals surface area contributed by atoms with E-state index < -0.39 is 4.92 Å². The molecular formula is C20H20FN7O2. The molecule has 154 valence electrons. The van der Waals surface area contributed by atoms with Gasteiger partial charge in [0.15, 0.2) is 0 Å². The molecular weight excluding hydrogens is 389 g/mol. The zero-order chi connectivity index (χ0) is 21.1. The third-order valence-electron chi connectivity index (χ3n) is 4.89. The Morgan fingerprint density at radius 2 is 1.77 bits per heavy atom. The van der Waals surface area contributed by atoms with Crippen LogP contribution in [0.2, 0.25) is 0 Å². The van der Waals surface area contributed by atoms with Gasteiger partial charge in [-0.1, -0.05) is 18.2 Å². The normalized spacial score (nSPS) is 13.9. The summed E-state index contributed by atoms with van der Waals surface area (Å²) in [5.74, 6) is 0.501. The molecule has 4 rings (SSSR count). The van der Waals surface area contributed by atoms with Crippen molar-refractivity contribution in [2.45, 2.75) is 6.92 Å². The first kappa shape index (κ1) is 19.5. The maximum Gasteiger partial charge on any atom is 0.353 e. The van der Waals surface area contributed by atoms with Crippen molar-refractivity contribution in [3.63, 3.8) is 0 Å². The minimum Gasteiger partial charge on any atom is -0.366 e. The van der Waals surface area contributed by atoms with Crippen LogP contribution in [0.25, 0.3) is 0 Å². The smallest absolute Gasteiger partial charge is 0.353 e. The monoisotopic (exact) mass is 409 g/mol. The molecule has 30 heavy (non-hydrogen) atoms. The molecule has 1 saturated heterocycles. The Hall–Kier alpha value is -3.82. The second-order valence-corrected chi connectivity index (χ2v) is 6.87. The van der Waals surface area contributed by atoms with Gasteiger partial charge in [-0.15, -0.1) is 0 Å². The minimum atomic E-state index is -0.489. The first-order valence-corrected chi connectivity index (χ1v) is 9.47. The summed E-state index contributed by atoms with van der Waals surface area (Å²) in [6, 6.07) is 11.9. The number of halogens is 1. The maximum absolute atomic E-state index is 14.1. The minimum absolute atomic E-state index is 0.0830. The Balaban J connectivity index is 1.57. The van der Waals surface area contributed by atoms with Crippen LogP contribution < -0.4 is 15.1 Å². The Kier molecular flexibility index (Phi) is 5.38. The van der Waals surface area contributed by atoms with E-state index in [1.807, 2.05) is 22.8 Å². The number of rotatable bonds is 5. The van der Waals surface area contributed by atoms with Gasteiger partial charge in [0.05, 0.1) is 10.6 Å². The van der Waals surface area contributed by atoms with Crippen molar-refractivity contribution < 1.29 is 9.31 Å². The van der Waals surface area contributed by atoms with Crippen molar-refractivity contribution in [1.82, 2.24) is 15.0 Å². The van der Waals surface area contributed by atoms with Crippen LogP contribution in [0.15, 0.2) is 48.8 Å². The van der Waals surface area contributed by atoms with E-state index in [2.05, 4.69) is 20.3 Å². The fourth-order valence-electron chi connectivity index (χ4n) is 3.46. The highest BCUT2D eigenvalue weighted by Gasteiger charge is 2.30. The van der Waals surface area contributed by atoms with Gasteiger partial charge < -0.3 is 15.1 Å². The van der Waals surface area contributed by atoms with E-state index in [0.717, 1.165) is 5.69 Å². The molecule has 0 spiro atoms. The Morgan fingerprint density at radius 1 is 1.03 bits per heavy atom. The number of para-hydroxylation sites is 1. The van der Waals surface area contributed by atoms with E-state index in [9.17, 15) is 14.5 Å². The molecule has 1 N–H and O–H groups in total. The number of nitro groups is 1. The predicted molar refractivity (Wildman–Crippen MR) is 112 cm³/mol. The number of piperazine rings is 1. The van der Waals surface area contributed by atoms with Crippen LogP contribution in [0.3, 0.4) is 0 Å². The van der Waals surface area contributed by atoms with Gasteiger partial charge in [-0.25, -0.2) is 19.3 Å². The van der Waals surface area contributed by atoms with E-state index in [4.69, 9.17) is 0 Å². The number of benzene rings is 1. The molecule has 0 bridgehead atoms. The summed E-state index contributed by atoms with van der Waals surface area (Å²) in [5, 5.41) is 14.8. The van der Waals surface area contributed by atoms with Crippen LogP contribution in [0.5, 0.6) is 0 Å². The van der Waals surface area contributed by atoms with Crippen molar-refractivity contribution in [2.24, 2.45) is 0 Å². The predicted octanol–water partition coefficient (Wildman–Crippen LogP) is 3.30. The number of hydrogen-bond acceptors (Lipinski definition) is 8. The Morgan fingerprint density at radius 3 is 2.47 bits per heavy atom. The van der Waals surface area contributed by atoms with Crippen molar-refractivity contribution >= 4 is 28.8 Å². The van der Waals surface area contributed by atoms with Crippen molar-refractivity contribution in [3.05, 3.63) is 70.4 Å². The second kappa shape index (κ2) is 8.27. The van der Waals surface area contributed by atoms with Gasteiger partial charge in [-0.2, -0.15) is 0 Å². The van der Waals surface area contributed by atoms with Gasteiger partial charge in [0, 0.05) is 31.9 Å².